The van der Waals surface area contributed by atoms with Gasteiger partial charge in [0.05, 0.1) is 0 Å². The van der Waals surface area contributed by atoms with E-state index in [2.05, 4.69) is 21.4 Å². The van der Waals surface area contributed by atoms with Crippen molar-refractivity contribution in [2.45, 2.75) is 39.0 Å². The number of nitrogens with zero attached hydrogens (tertiary/aromatic N) is 2. The second-order valence-corrected chi connectivity index (χ2v) is 4.66. The third-order valence-corrected chi connectivity index (χ3v) is 3.14. The largest absolute Gasteiger partial charge is 0.370 e. The van der Waals surface area contributed by atoms with Gasteiger partial charge in [-0.05, 0) is 25.7 Å². The molecule has 1 aromatic heterocycles. The van der Waals surface area contributed by atoms with Crippen molar-refractivity contribution in [2.75, 3.05) is 11.9 Å². The van der Waals surface area contributed by atoms with Crippen molar-refractivity contribution in [1.29, 1.82) is 0 Å². The summed E-state index contributed by atoms with van der Waals surface area (Å²) in [5.74, 6) is 1.63. The molecule has 1 N–H and O–H groups in total. The number of hydrogen-bond donors (Lipinski definition) is 1. The molecule has 0 atom stereocenters. The zero-order chi connectivity index (χ0) is 12.1. The van der Waals surface area contributed by atoms with E-state index in [0.29, 0.717) is 5.15 Å². The summed E-state index contributed by atoms with van der Waals surface area (Å²) >= 11 is 5.93. The van der Waals surface area contributed by atoms with Gasteiger partial charge in [0, 0.05) is 19.0 Å². The Hall–Kier alpha value is -1.09. The molecule has 0 saturated heterocycles. The first-order valence-corrected chi connectivity index (χ1v) is 6.61. The van der Waals surface area contributed by atoms with Crippen LogP contribution in [-0.2, 0) is 6.42 Å². The molecule has 0 aliphatic heterocycles. The van der Waals surface area contributed by atoms with E-state index in [1.165, 1.54) is 19.3 Å². The zero-order valence-corrected chi connectivity index (χ0v) is 10.9. The van der Waals surface area contributed by atoms with Crippen molar-refractivity contribution < 1.29 is 0 Å². The fraction of sp³-hybridized carbons (Fsp3) is 0.538. The third-order valence-electron chi connectivity index (χ3n) is 2.94. The molecule has 17 heavy (non-hydrogen) atoms. The SMILES string of the molecule is CCc1nc(Cl)cc(NCCC2=CCCC2)n1. The number of halogens is 1. The highest BCUT2D eigenvalue weighted by atomic mass is 35.5. The van der Waals surface area contributed by atoms with Gasteiger partial charge in [0.1, 0.15) is 16.8 Å². The van der Waals surface area contributed by atoms with Gasteiger partial charge in [-0.1, -0.05) is 30.2 Å². The highest BCUT2D eigenvalue weighted by Gasteiger charge is 2.05. The number of allylic oxidation sites excluding steroid dienone is 1. The average Bonchev–Trinajstić information content (AvgIpc) is 2.81. The maximum absolute atomic E-state index is 5.93. The van der Waals surface area contributed by atoms with Gasteiger partial charge in [0.25, 0.3) is 0 Å². The quantitative estimate of drug-likeness (QED) is 0.642. The Morgan fingerprint density at radius 3 is 3.00 bits per heavy atom. The molecule has 0 unspecified atom stereocenters. The predicted octanol–water partition coefficient (Wildman–Crippen LogP) is 3.60. The van der Waals surface area contributed by atoms with Gasteiger partial charge >= 0.3 is 0 Å². The average molecular weight is 252 g/mol. The maximum atomic E-state index is 5.93. The fourth-order valence-electron chi connectivity index (χ4n) is 2.03. The molecule has 0 spiro atoms. The molecular weight excluding hydrogens is 234 g/mol. The molecule has 1 aliphatic carbocycles. The van der Waals surface area contributed by atoms with Crippen molar-refractivity contribution in [2.24, 2.45) is 0 Å². The number of hydrogen-bond acceptors (Lipinski definition) is 3. The van der Waals surface area contributed by atoms with Crippen molar-refractivity contribution in [1.82, 2.24) is 9.97 Å². The molecule has 0 aromatic carbocycles. The van der Waals surface area contributed by atoms with Crippen LogP contribution in [-0.4, -0.2) is 16.5 Å². The summed E-state index contributed by atoms with van der Waals surface area (Å²) < 4.78 is 0. The normalized spacial score (nSPS) is 14.8. The van der Waals surface area contributed by atoms with Crippen LogP contribution in [0.2, 0.25) is 5.15 Å². The van der Waals surface area contributed by atoms with Crippen LogP contribution in [0.5, 0.6) is 0 Å². The molecule has 3 nitrogen and oxygen atoms in total. The number of rotatable bonds is 5. The van der Waals surface area contributed by atoms with Gasteiger partial charge < -0.3 is 5.32 Å². The Bertz CT molecular complexity index is 415. The minimum Gasteiger partial charge on any atom is -0.370 e. The van der Waals surface area contributed by atoms with Crippen LogP contribution in [0.4, 0.5) is 5.82 Å². The van der Waals surface area contributed by atoms with Crippen molar-refractivity contribution >= 4 is 17.4 Å². The molecular formula is C13H18ClN3. The van der Waals surface area contributed by atoms with Crippen LogP contribution >= 0.6 is 11.6 Å². The van der Waals surface area contributed by atoms with E-state index in [1.54, 1.807) is 11.6 Å². The van der Waals surface area contributed by atoms with Crippen LogP contribution in [0.15, 0.2) is 17.7 Å². The first kappa shape index (κ1) is 12.4. The van der Waals surface area contributed by atoms with E-state index in [-0.39, 0.29) is 0 Å². The Morgan fingerprint density at radius 2 is 2.29 bits per heavy atom. The maximum Gasteiger partial charge on any atom is 0.134 e. The summed E-state index contributed by atoms with van der Waals surface area (Å²) in [6.07, 6.45) is 8.07. The number of aromatic nitrogens is 2. The van der Waals surface area contributed by atoms with Gasteiger partial charge in [0.15, 0.2) is 0 Å². The Labute approximate surface area is 107 Å². The summed E-state index contributed by atoms with van der Waals surface area (Å²) in [5, 5.41) is 3.82. The Morgan fingerprint density at radius 1 is 1.41 bits per heavy atom. The third kappa shape index (κ3) is 3.70. The topological polar surface area (TPSA) is 37.8 Å². The van der Waals surface area contributed by atoms with E-state index in [0.717, 1.165) is 31.0 Å². The van der Waals surface area contributed by atoms with Crippen LogP contribution in [0.25, 0.3) is 0 Å². The van der Waals surface area contributed by atoms with E-state index in [1.807, 2.05) is 6.92 Å². The lowest BCUT2D eigenvalue weighted by atomic mass is 10.2. The molecule has 1 heterocycles. The molecule has 0 fully saturated rings. The van der Waals surface area contributed by atoms with Crippen LogP contribution < -0.4 is 5.32 Å². The highest BCUT2D eigenvalue weighted by molar-refractivity contribution is 6.29. The van der Waals surface area contributed by atoms with Gasteiger partial charge in [-0.15, -0.1) is 0 Å². The van der Waals surface area contributed by atoms with Crippen LogP contribution in [0.1, 0.15) is 38.4 Å². The predicted molar refractivity (Wildman–Crippen MR) is 71.5 cm³/mol. The van der Waals surface area contributed by atoms with E-state index in [9.17, 15) is 0 Å². The van der Waals surface area contributed by atoms with Gasteiger partial charge in [-0.3, -0.25) is 0 Å². The first-order valence-electron chi connectivity index (χ1n) is 6.23. The molecule has 1 aliphatic rings. The molecule has 0 radical (unpaired) electrons. The van der Waals surface area contributed by atoms with Gasteiger partial charge in [-0.2, -0.15) is 0 Å². The zero-order valence-electron chi connectivity index (χ0n) is 10.2. The second kappa shape index (κ2) is 6.01. The van der Waals surface area contributed by atoms with E-state index in [4.69, 9.17) is 11.6 Å². The monoisotopic (exact) mass is 251 g/mol. The molecule has 92 valence electrons. The number of aryl methyl sites for hydroxylation is 1. The second-order valence-electron chi connectivity index (χ2n) is 4.28. The minimum absolute atomic E-state index is 0.513. The molecule has 2 rings (SSSR count). The minimum atomic E-state index is 0.513. The summed E-state index contributed by atoms with van der Waals surface area (Å²) in [4.78, 5) is 8.53. The Kier molecular flexibility index (Phi) is 4.37. The molecule has 1 aromatic rings. The Balaban J connectivity index is 1.87. The van der Waals surface area contributed by atoms with Gasteiger partial charge in [0.2, 0.25) is 0 Å². The van der Waals surface area contributed by atoms with Crippen molar-refractivity contribution in [3.8, 4) is 0 Å². The lowest BCUT2D eigenvalue weighted by Crippen LogP contribution is -2.06. The van der Waals surface area contributed by atoms with Gasteiger partial charge in [-0.25, -0.2) is 9.97 Å². The highest BCUT2D eigenvalue weighted by Crippen LogP contribution is 2.20. The number of nitrogens with one attached hydrogen (secondary N) is 1. The number of anilines is 1. The first-order chi connectivity index (χ1) is 8.28. The summed E-state index contributed by atoms with van der Waals surface area (Å²) in [6, 6.07) is 1.78. The van der Waals surface area contributed by atoms with Crippen molar-refractivity contribution in [3.63, 3.8) is 0 Å². The fourth-order valence-corrected chi connectivity index (χ4v) is 2.23. The molecule has 0 saturated carbocycles. The lowest BCUT2D eigenvalue weighted by Gasteiger charge is -2.07. The summed E-state index contributed by atoms with van der Waals surface area (Å²) in [5.41, 5.74) is 1.56. The van der Waals surface area contributed by atoms with Crippen molar-refractivity contribution in [3.05, 3.63) is 28.7 Å². The molecule has 0 bridgehead atoms. The van der Waals surface area contributed by atoms with E-state index < -0.39 is 0 Å². The summed E-state index contributed by atoms with van der Waals surface area (Å²) in [7, 11) is 0. The van der Waals surface area contributed by atoms with Crippen LogP contribution in [0, 0.1) is 0 Å². The summed E-state index contributed by atoms with van der Waals surface area (Å²) in [6.45, 7) is 2.95. The standard InChI is InChI=1S/C13H18ClN3/c1-2-12-16-11(14)9-13(17-12)15-8-7-10-5-3-4-6-10/h5,9H,2-4,6-8H2,1H3,(H,15,16,17). The van der Waals surface area contributed by atoms with E-state index >= 15 is 0 Å². The smallest absolute Gasteiger partial charge is 0.134 e. The lowest BCUT2D eigenvalue weighted by molar-refractivity contribution is 0.858. The molecule has 4 heteroatoms. The van der Waals surface area contributed by atoms with Crippen LogP contribution in [0.3, 0.4) is 0 Å². The molecule has 0 amide bonds.